The lowest BCUT2D eigenvalue weighted by Crippen LogP contribution is -2.38. The summed E-state index contributed by atoms with van der Waals surface area (Å²) in [6.45, 7) is 5.31. The lowest BCUT2D eigenvalue weighted by atomic mass is 10.0. The van der Waals surface area contributed by atoms with E-state index in [1.807, 2.05) is 18.4 Å². The zero-order valence-corrected chi connectivity index (χ0v) is 13.7. The van der Waals surface area contributed by atoms with Crippen LogP contribution in [0.1, 0.15) is 29.7 Å². The van der Waals surface area contributed by atoms with Crippen LogP contribution in [0.2, 0.25) is 0 Å². The zero-order chi connectivity index (χ0) is 16.4. The Morgan fingerprint density at radius 1 is 1.52 bits per heavy atom. The van der Waals surface area contributed by atoms with Gasteiger partial charge in [-0.15, -0.1) is 0 Å². The standard InChI is InChI=1S/C15H22N6O2/c1-10-6-16-9-21(10)8-14(22)20(3)7-13-12(4-5-23-13)15-17-11(2)18-19-15/h6,9,12-13H,4-5,7-8H2,1-3H3,(H,17,18,19)/t12-,13-/m1/s1. The maximum absolute atomic E-state index is 12.4. The maximum Gasteiger partial charge on any atom is 0.242 e. The van der Waals surface area contributed by atoms with Crippen LogP contribution < -0.4 is 0 Å². The molecule has 2 aromatic heterocycles. The van der Waals surface area contributed by atoms with E-state index in [1.54, 1.807) is 24.5 Å². The summed E-state index contributed by atoms with van der Waals surface area (Å²) in [7, 11) is 1.80. The summed E-state index contributed by atoms with van der Waals surface area (Å²) in [4.78, 5) is 22.5. The van der Waals surface area contributed by atoms with E-state index < -0.39 is 0 Å². The Balaban J connectivity index is 1.61. The molecule has 1 N–H and O–H groups in total. The van der Waals surface area contributed by atoms with Crippen molar-refractivity contribution in [1.82, 2.24) is 29.6 Å². The first kappa shape index (κ1) is 15.7. The number of rotatable bonds is 5. The molecule has 0 bridgehead atoms. The Morgan fingerprint density at radius 3 is 3.00 bits per heavy atom. The van der Waals surface area contributed by atoms with Gasteiger partial charge in [0.1, 0.15) is 12.4 Å². The number of aromatic amines is 1. The summed E-state index contributed by atoms with van der Waals surface area (Å²) >= 11 is 0. The number of H-pyrrole nitrogens is 1. The van der Waals surface area contributed by atoms with Crippen LogP contribution >= 0.6 is 0 Å². The fraction of sp³-hybridized carbons (Fsp3) is 0.600. The molecule has 0 spiro atoms. The van der Waals surface area contributed by atoms with E-state index in [0.717, 1.165) is 23.8 Å². The number of carbonyl (C=O) groups is 1. The third kappa shape index (κ3) is 3.42. The molecule has 1 fully saturated rings. The predicted octanol–water partition coefficient (Wildman–Crippen LogP) is 0.649. The summed E-state index contributed by atoms with van der Waals surface area (Å²) in [5, 5.41) is 7.11. The number of aryl methyl sites for hydroxylation is 2. The van der Waals surface area contributed by atoms with Gasteiger partial charge >= 0.3 is 0 Å². The average molecular weight is 318 g/mol. The number of ether oxygens (including phenoxy) is 1. The van der Waals surface area contributed by atoms with Crippen molar-refractivity contribution in [3.05, 3.63) is 29.9 Å². The van der Waals surface area contributed by atoms with Crippen LogP contribution in [0.4, 0.5) is 0 Å². The minimum absolute atomic E-state index is 0.0338. The van der Waals surface area contributed by atoms with Crippen molar-refractivity contribution < 1.29 is 9.53 Å². The van der Waals surface area contributed by atoms with Gasteiger partial charge in [0.15, 0.2) is 5.82 Å². The van der Waals surface area contributed by atoms with Crippen molar-refractivity contribution >= 4 is 5.91 Å². The highest BCUT2D eigenvalue weighted by Gasteiger charge is 2.34. The minimum atomic E-state index is -0.0666. The molecule has 0 unspecified atom stereocenters. The third-order valence-corrected chi connectivity index (χ3v) is 4.26. The van der Waals surface area contributed by atoms with Crippen LogP contribution in [0.3, 0.4) is 0 Å². The number of carbonyl (C=O) groups excluding carboxylic acids is 1. The number of imidazole rings is 1. The fourth-order valence-corrected chi connectivity index (χ4v) is 2.84. The number of nitrogens with zero attached hydrogens (tertiary/aromatic N) is 5. The topological polar surface area (TPSA) is 88.9 Å². The monoisotopic (exact) mass is 318 g/mol. The Bertz CT molecular complexity index is 679. The lowest BCUT2D eigenvalue weighted by Gasteiger charge is -2.24. The summed E-state index contributed by atoms with van der Waals surface area (Å²) in [5.41, 5.74) is 0.970. The molecule has 3 rings (SSSR count). The van der Waals surface area contributed by atoms with Gasteiger partial charge < -0.3 is 14.2 Å². The van der Waals surface area contributed by atoms with Crippen molar-refractivity contribution in [2.45, 2.75) is 38.8 Å². The second-order valence-electron chi connectivity index (χ2n) is 6.02. The second kappa shape index (κ2) is 6.49. The normalized spacial score (nSPS) is 20.8. The second-order valence-corrected chi connectivity index (χ2v) is 6.02. The first-order chi connectivity index (χ1) is 11.0. The molecule has 8 nitrogen and oxygen atoms in total. The summed E-state index contributed by atoms with van der Waals surface area (Å²) in [5.74, 6) is 1.73. The largest absolute Gasteiger partial charge is 0.376 e. The highest BCUT2D eigenvalue weighted by atomic mass is 16.5. The number of likely N-dealkylation sites (N-methyl/N-ethyl adjacent to an activating group) is 1. The van der Waals surface area contributed by atoms with Crippen LogP contribution in [0, 0.1) is 13.8 Å². The molecule has 0 aromatic carbocycles. The third-order valence-electron chi connectivity index (χ3n) is 4.26. The van der Waals surface area contributed by atoms with E-state index in [-0.39, 0.29) is 17.9 Å². The average Bonchev–Trinajstić information content (AvgIpc) is 3.22. The van der Waals surface area contributed by atoms with Crippen molar-refractivity contribution in [1.29, 1.82) is 0 Å². The van der Waals surface area contributed by atoms with Crippen LogP contribution in [-0.2, 0) is 16.1 Å². The molecule has 1 aliphatic rings. The van der Waals surface area contributed by atoms with E-state index in [1.165, 1.54) is 0 Å². The van der Waals surface area contributed by atoms with E-state index >= 15 is 0 Å². The summed E-state index contributed by atoms with van der Waals surface area (Å²) in [6.07, 6.45) is 4.23. The van der Waals surface area contributed by atoms with Gasteiger partial charge in [-0.3, -0.25) is 9.89 Å². The molecule has 1 saturated heterocycles. The minimum Gasteiger partial charge on any atom is -0.376 e. The zero-order valence-electron chi connectivity index (χ0n) is 13.7. The number of amides is 1. The van der Waals surface area contributed by atoms with Crippen molar-refractivity contribution in [3.8, 4) is 0 Å². The van der Waals surface area contributed by atoms with Crippen LogP contribution in [0.25, 0.3) is 0 Å². The Kier molecular flexibility index (Phi) is 4.42. The van der Waals surface area contributed by atoms with Gasteiger partial charge in [-0.2, -0.15) is 5.10 Å². The molecule has 0 radical (unpaired) electrons. The van der Waals surface area contributed by atoms with Crippen molar-refractivity contribution in [2.75, 3.05) is 20.2 Å². The highest BCUT2D eigenvalue weighted by Crippen LogP contribution is 2.29. The van der Waals surface area contributed by atoms with E-state index in [4.69, 9.17) is 4.74 Å². The van der Waals surface area contributed by atoms with Crippen LogP contribution in [0.5, 0.6) is 0 Å². The molecular weight excluding hydrogens is 296 g/mol. The van der Waals surface area contributed by atoms with E-state index in [0.29, 0.717) is 19.7 Å². The van der Waals surface area contributed by atoms with Gasteiger partial charge in [0, 0.05) is 32.1 Å². The Morgan fingerprint density at radius 2 is 2.35 bits per heavy atom. The van der Waals surface area contributed by atoms with Crippen molar-refractivity contribution in [3.63, 3.8) is 0 Å². The predicted molar refractivity (Wildman–Crippen MR) is 82.8 cm³/mol. The van der Waals surface area contributed by atoms with Gasteiger partial charge in [0.2, 0.25) is 5.91 Å². The number of hydrogen-bond acceptors (Lipinski definition) is 5. The first-order valence-corrected chi connectivity index (χ1v) is 7.76. The van der Waals surface area contributed by atoms with E-state index in [9.17, 15) is 4.79 Å². The molecule has 8 heteroatoms. The number of aromatic nitrogens is 5. The molecule has 124 valence electrons. The SMILES string of the molecule is Cc1nc([C@@H]2CCO[C@@H]2CN(C)C(=O)Cn2cncc2C)n[nH]1. The molecule has 3 heterocycles. The van der Waals surface area contributed by atoms with E-state index in [2.05, 4.69) is 20.2 Å². The quantitative estimate of drug-likeness (QED) is 0.874. The molecular formula is C15H22N6O2. The molecule has 2 aromatic rings. The van der Waals surface area contributed by atoms with Crippen LogP contribution in [-0.4, -0.2) is 61.8 Å². The molecule has 1 amide bonds. The Labute approximate surface area is 134 Å². The lowest BCUT2D eigenvalue weighted by molar-refractivity contribution is -0.132. The van der Waals surface area contributed by atoms with Gasteiger partial charge in [-0.05, 0) is 20.3 Å². The van der Waals surface area contributed by atoms with Gasteiger partial charge in [0.25, 0.3) is 0 Å². The van der Waals surface area contributed by atoms with Gasteiger partial charge in [-0.25, -0.2) is 9.97 Å². The number of hydrogen-bond donors (Lipinski definition) is 1. The maximum atomic E-state index is 12.4. The highest BCUT2D eigenvalue weighted by molar-refractivity contribution is 5.75. The summed E-state index contributed by atoms with van der Waals surface area (Å²) in [6, 6.07) is 0. The van der Waals surface area contributed by atoms with Crippen LogP contribution in [0.15, 0.2) is 12.5 Å². The van der Waals surface area contributed by atoms with Gasteiger partial charge in [-0.1, -0.05) is 0 Å². The molecule has 23 heavy (non-hydrogen) atoms. The Hall–Kier alpha value is -2.22. The van der Waals surface area contributed by atoms with Crippen molar-refractivity contribution in [2.24, 2.45) is 0 Å². The molecule has 2 atom stereocenters. The summed E-state index contributed by atoms with van der Waals surface area (Å²) < 4.78 is 7.64. The fourth-order valence-electron chi connectivity index (χ4n) is 2.84. The molecule has 1 aliphatic heterocycles. The smallest absolute Gasteiger partial charge is 0.242 e. The van der Waals surface area contributed by atoms with Gasteiger partial charge in [0.05, 0.1) is 18.3 Å². The first-order valence-electron chi connectivity index (χ1n) is 7.76. The number of nitrogens with one attached hydrogen (secondary N) is 1. The molecule has 0 saturated carbocycles. The molecule has 0 aliphatic carbocycles.